The Morgan fingerprint density at radius 2 is 2.40 bits per heavy atom. The molecule has 0 spiro atoms. The molecule has 2 amide bonds. The van der Waals surface area contributed by atoms with Gasteiger partial charge in [-0.25, -0.2) is 4.98 Å². The van der Waals surface area contributed by atoms with Gasteiger partial charge in [0.1, 0.15) is 15.7 Å². The molecule has 1 aliphatic heterocycles. The SMILES string of the molecule is CC1C(=O)NCCN1C(=O)c1sc2ncccc2c1N. The van der Waals surface area contributed by atoms with Crippen molar-refractivity contribution in [3.63, 3.8) is 0 Å². The molecule has 0 bridgehead atoms. The lowest BCUT2D eigenvalue weighted by molar-refractivity contribution is -0.127. The molecule has 7 heteroatoms. The summed E-state index contributed by atoms with van der Waals surface area (Å²) in [7, 11) is 0. The van der Waals surface area contributed by atoms with Crippen molar-refractivity contribution in [1.82, 2.24) is 15.2 Å². The highest BCUT2D eigenvalue weighted by Crippen LogP contribution is 2.33. The van der Waals surface area contributed by atoms with Gasteiger partial charge in [0.2, 0.25) is 5.91 Å². The third-order valence-corrected chi connectivity index (χ3v) is 4.58. The second-order valence-electron chi connectivity index (χ2n) is 4.67. The van der Waals surface area contributed by atoms with Gasteiger partial charge < -0.3 is 16.0 Å². The van der Waals surface area contributed by atoms with Crippen molar-refractivity contribution in [2.75, 3.05) is 18.8 Å². The van der Waals surface area contributed by atoms with Crippen LogP contribution in [0.5, 0.6) is 0 Å². The lowest BCUT2D eigenvalue weighted by Crippen LogP contribution is -2.55. The van der Waals surface area contributed by atoms with E-state index in [1.165, 1.54) is 11.3 Å². The number of aromatic nitrogens is 1. The van der Waals surface area contributed by atoms with E-state index in [1.54, 1.807) is 24.1 Å². The van der Waals surface area contributed by atoms with E-state index in [1.807, 2.05) is 6.07 Å². The first-order chi connectivity index (χ1) is 9.59. The van der Waals surface area contributed by atoms with Gasteiger partial charge in [-0.1, -0.05) is 0 Å². The predicted octanol–water partition coefficient (Wildman–Crippen LogP) is 0.839. The number of nitrogens with one attached hydrogen (secondary N) is 1. The molecular weight excluding hydrogens is 276 g/mol. The van der Waals surface area contributed by atoms with Crippen molar-refractivity contribution in [1.29, 1.82) is 0 Å². The fourth-order valence-corrected chi connectivity index (χ4v) is 3.32. The van der Waals surface area contributed by atoms with E-state index in [0.717, 1.165) is 10.2 Å². The van der Waals surface area contributed by atoms with Gasteiger partial charge in [0, 0.05) is 24.7 Å². The summed E-state index contributed by atoms with van der Waals surface area (Å²) in [6.07, 6.45) is 1.67. The number of nitrogen functional groups attached to an aromatic ring is 1. The number of carbonyl (C=O) groups is 2. The van der Waals surface area contributed by atoms with Crippen LogP contribution in [0.1, 0.15) is 16.6 Å². The zero-order valence-corrected chi connectivity index (χ0v) is 11.7. The van der Waals surface area contributed by atoms with E-state index in [-0.39, 0.29) is 11.8 Å². The fourth-order valence-electron chi connectivity index (χ4n) is 2.30. The Bertz CT molecular complexity index is 697. The maximum absolute atomic E-state index is 12.6. The van der Waals surface area contributed by atoms with Crippen LogP contribution in [0.2, 0.25) is 0 Å². The summed E-state index contributed by atoms with van der Waals surface area (Å²) in [5.74, 6) is -0.338. The molecule has 104 valence electrons. The van der Waals surface area contributed by atoms with Crippen LogP contribution < -0.4 is 11.1 Å². The monoisotopic (exact) mass is 290 g/mol. The molecular formula is C13H14N4O2S. The summed E-state index contributed by atoms with van der Waals surface area (Å²) in [6, 6.07) is 3.15. The number of hydrogen-bond acceptors (Lipinski definition) is 5. The summed E-state index contributed by atoms with van der Waals surface area (Å²) in [5, 5.41) is 3.52. The fraction of sp³-hybridized carbons (Fsp3) is 0.308. The molecule has 2 aromatic rings. The van der Waals surface area contributed by atoms with Gasteiger partial charge in [-0.2, -0.15) is 0 Å². The number of anilines is 1. The Kier molecular flexibility index (Phi) is 3.06. The Labute approximate surface area is 119 Å². The van der Waals surface area contributed by atoms with Crippen LogP contribution in [-0.2, 0) is 4.79 Å². The molecule has 1 fully saturated rings. The molecule has 1 aliphatic rings. The first-order valence-electron chi connectivity index (χ1n) is 6.31. The third-order valence-electron chi connectivity index (χ3n) is 3.46. The van der Waals surface area contributed by atoms with Crippen molar-refractivity contribution < 1.29 is 9.59 Å². The van der Waals surface area contributed by atoms with Crippen LogP contribution in [0.4, 0.5) is 5.69 Å². The lowest BCUT2D eigenvalue weighted by atomic mass is 10.2. The average molecular weight is 290 g/mol. The number of rotatable bonds is 1. The van der Waals surface area contributed by atoms with Crippen LogP contribution in [0.3, 0.4) is 0 Å². The molecule has 1 unspecified atom stereocenters. The van der Waals surface area contributed by atoms with Gasteiger partial charge in [-0.15, -0.1) is 11.3 Å². The summed E-state index contributed by atoms with van der Waals surface area (Å²) in [4.78, 5) is 31.2. The van der Waals surface area contributed by atoms with Crippen LogP contribution in [0.25, 0.3) is 10.2 Å². The Balaban J connectivity index is 2.00. The lowest BCUT2D eigenvalue weighted by Gasteiger charge is -2.32. The van der Waals surface area contributed by atoms with Gasteiger partial charge in [-0.05, 0) is 19.1 Å². The molecule has 20 heavy (non-hydrogen) atoms. The molecule has 0 radical (unpaired) electrons. The average Bonchev–Trinajstić information content (AvgIpc) is 2.79. The molecule has 1 atom stereocenters. The Hall–Kier alpha value is -2.15. The second-order valence-corrected chi connectivity index (χ2v) is 5.67. The van der Waals surface area contributed by atoms with E-state index in [4.69, 9.17) is 5.73 Å². The second kappa shape index (κ2) is 4.75. The number of hydrogen-bond donors (Lipinski definition) is 2. The highest BCUT2D eigenvalue weighted by molar-refractivity contribution is 7.21. The summed E-state index contributed by atoms with van der Waals surface area (Å²) < 4.78 is 0. The van der Waals surface area contributed by atoms with Gasteiger partial charge in [0.15, 0.2) is 0 Å². The van der Waals surface area contributed by atoms with Crippen molar-refractivity contribution in [3.05, 3.63) is 23.2 Å². The number of piperazine rings is 1. The van der Waals surface area contributed by atoms with Gasteiger partial charge in [0.25, 0.3) is 5.91 Å². The minimum Gasteiger partial charge on any atom is -0.397 e. The number of fused-ring (bicyclic) bond motifs is 1. The zero-order valence-electron chi connectivity index (χ0n) is 10.9. The number of carbonyl (C=O) groups excluding carboxylic acids is 2. The molecule has 3 N–H and O–H groups in total. The summed E-state index contributed by atoms with van der Waals surface area (Å²) in [6.45, 7) is 2.68. The maximum atomic E-state index is 12.6. The van der Waals surface area contributed by atoms with Crippen molar-refractivity contribution >= 4 is 39.1 Å². The summed E-state index contributed by atoms with van der Waals surface area (Å²) >= 11 is 1.27. The molecule has 0 aromatic carbocycles. The number of pyridine rings is 1. The molecule has 0 saturated carbocycles. The quantitative estimate of drug-likeness (QED) is 0.814. The van der Waals surface area contributed by atoms with Crippen LogP contribution in [0, 0.1) is 0 Å². The highest BCUT2D eigenvalue weighted by Gasteiger charge is 2.32. The molecule has 6 nitrogen and oxygen atoms in total. The standard InChI is InChI=1S/C13H14N4O2S/c1-7-11(18)15-5-6-17(7)13(19)10-9(14)8-3-2-4-16-12(8)20-10/h2-4,7H,5-6,14H2,1H3,(H,15,18). The van der Waals surface area contributed by atoms with Gasteiger partial charge in [-0.3, -0.25) is 9.59 Å². The Morgan fingerprint density at radius 1 is 1.60 bits per heavy atom. The van der Waals surface area contributed by atoms with Crippen LogP contribution in [0.15, 0.2) is 18.3 Å². The topological polar surface area (TPSA) is 88.3 Å². The normalized spacial score (nSPS) is 19.1. The number of nitrogens with two attached hydrogens (primary N) is 1. The molecule has 1 saturated heterocycles. The first kappa shape index (κ1) is 12.9. The van der Waals surface area contributed by atoms with E-state index in [2.05, 4.69) is 10.3 Å². The van der Waals surface area contributed by atoms with Crippen LogP contribution in [-0.4, -0.2) is 40.8 Å². The van der Waals surface area contributed by atoms with E-state index >= 15 is 0 Å². The highest BCUT2D eigenvalue weighted by atomic mass is 32.1. The van der Waals surface area contributed by atoms with Crippen molar-refractivity contribution in [2.24, 2.45) is 0 Å². The zero-order chi connectivity index (χ0) is 14.3. The number of nitrogens with zero attached hydrogens (tertiary/aromatic N) is 2. The maximum Gasteiger partial charge on any atom is 0.266 e. The van der Waals surface area contributed by atoms with E-state index in [0.29, 0.717) is 23.7 Å². The molecule has 0 aliphatic carbocycles. The largest absolute Gasteiger partial charge is 0.397 e. The number of thiophene rings is 1. The third kappa shape index (κ3) is 1.90. The van der Waals surface area contributed by atoms with Gasteiger partial charge in [0.05, 0.1) is 5.69 Å². The van der Waals surface area contributed by atoms with Gasteiger partial charge >= 0.3 is 0 Å². The van der Waals surface area contributed by atoms with E-state index < -0.39 is 6.04 Å². The molecule has 3 heterocycles. The smallest absolute Gasteiger partial charge is 0.266 e. The first-order valence-corrected chi connectivity index (χ1v) is 7.13. The van der Waals surface area contributed by atoms with Crippen molar-refractivity contribution in [3.8, 4) is 0 Å². The number of amides is 2. The van der Waals surface area contributed by atoms with Crippen molar-refractivity contribution in [2.45, 2.75) is 13.0 Å². The Morgan fingerprint density at radius 3 is 3.15 bits per heavy atom. The minimum atomic E-state index is -0.478. The van der Waals surface area contributed by atoms with Crippen LogP contribution >= 0.6 is 11.3 Å². The molecule has 2 aromatic heterocycles. The molecule has 3 rings (SSSR count). The van der Waals surface area contributed by atoms with E-state index in [9.17, 15) is 9.59 Å². The minimum absolute atomic E-state index is 0.137. The summed E-state index contributed by atoms with van der Waals surface area (Å²) in [5.41, 5.74) is 6.49. The predicted molar refractivity (Wildman–Crippen MR) is 77.5 cm³/mol.